The molecule has 0 aliphatic carbocycles. The maximum absolute atomic E-state index is 13.1. The molecule has 3 aromatic rings. The van der Waals surface area contributed by atoms with Crippen LogP contribution >= 0.6 is 0 Å². The zero-order chi connectivity index (χ0) is 35.1. The van der Waals surface area contributed by atoms with E-state index in [-0.39, 0.29) is 29.4 Å². The van der Waals surface area contributed by atoms with Gasteiger partial charge < -0.3 is 14.1 Å². The number of amides is 1. The molecule has 0 saturated carbocycles. The van der Waals surface area contributed by atoms with Crippen molar-refractivity contribution in [2.75, 3.05) is 52.4 Å². The molecule has 1 atom stereocenters. The van der Waals surface area contributed by atoms with Gasteiger partial charge in [0.15, 0.2) is 8.32 Å². The first-order valence-electron chi connectivity index (χ1n) is 17.9. The van der Waals surface area contributed by atoms with Gasteiger partial charge in [-0.15, -0.1) is 0 Å². The lowest BCUT2D eigenvalue weighted by atomic mass is 9.74. The highest BCUT2D eigenvalue weighted by atomic mass is 28.4. The summed E-state index contributed by atoms with van der Waals surface area (Å²) >= 11 is 0. The summed E-state index contributed by atoms with van der Waals surface area (Å²) in [6.45, 7) is 18.1. The summed E-state index contributed by atoms with van der Waals surface area (Å²) in [6.07, 6.45) is 3.47. The lowest BCUT2D eigenvalue weighted by Gasteiger charge is -2.50. The third-order valence-corrected chi connectivity index (χ3v) is 15.1. The molecule has 0 spiro atoms. The van der Waals surface area contributed by atoms with Gasteiger partial charge in [-0.1, -0.05) is 118 Å². The van der Waals surface area contributed by atoms with Crippen molar-refractivity contribution in [3.8, 4) is 0 Å². The summed E-state index contributed by atoms with van der Waals surface area (Å²) in [7, 11) is -2.08. The van der Waals surface area contributed by atoms with Crippen molar-refractivity contribution in [2.24, 2.45) is 0 Å². The van der Waals surface area contributed by atoms with Crippen LogP contribution in [-0.2, 0) is 24.3 Å². The fourth-order valence-electron chi connectivity index (χ4n) is 6.95. The van der Waals surface area contributed by atoms with Gasteiger partial charge in [-0.3, -0.25) is 19.4 Å². The highest BCUT2D eigenvalue weighted by Gasteiger charge is 2.46. The monoisotopic (exact) mass is 681 g/mol. The smallest absolute Gasteiger partial charge is 0.307 e. The Morgan fingerprint density at radius 1 is 0.837 bits per heavy atom. The van der Waals surface area contributed by atoms with Crippen LogP contribution in [0.3, 0.4) is 0 Å². The highest BCUT2D eigenvalue weighted by Crippen LogP contribution is 2.45. The molecule has 1 unspecified atom stereocenters. The molecule has 2 fully saturated rings. The molecule has 2 saturated heterocycles. The minimum Gasteiger partial charge on any atom is -0.466 e. The Morgan fingerprint density at radius 2 is 1.39 bits per heavy atom. The van der Waals surface area contributed by atoms with Crippen LogP contribution < -0.4 is 0 Å². The lowest BCUT2D eigenvalue weighted by molar-refractivity contribution is -0.144. The molecule has 7 nitrogen and oxygen atoms in total. The van der Waals surface area contributed by atoms with Crippen LogP contribution in [0.15, 0.2) is 103 Å². The van der Waals surface area contributed by atoms with E-state index in [4.69, 9.17) is 9.16 Å². The number of carbonyl (C=O) groups is 2. The van der Waals surface area contributed by atoms with Crippen molar-refractivity contribution < 1.29 is 18.8 Å². The van der Waals surface area contributed by atoms with E-state index in [1.165, 1.54) is 22.3 Å². The number of rotatable bonds is 12. The van der Waals surface area contributed by atoms with Crippen LogP contribution in [0.1, 0.15) is 57.2 Å². The fourth-order valence-corrected chi connectivity index (χ4v) is 8.28. The van der Waals surface area contributed by atoms with Crippen LogP contribution in [0.2, 0.25) is 18.1 Å². The molecular formula is C41H55N3O4Si. The molecule has 262 valence electrons. The van der Waals surface area contributed by atoms with Crippen LogP contribution in [0.5, 0.6) is 0 Å². The van der Waals surface area contributed by atoms with E-state index in [0.29, 0.717) is 32.8 Å². The summed E-state index contributed by atoms with van der Waals surface area (Å²) in [5.74, 6) is -0.195. The molecule has 1 amide bonds. The molecule has 3 aromatic carbocycles. The lowest BCUT2D eigenvalue weighted by Crippen LogP contribution is -2.55. The van der Waals surface area contributed by atoms with E-state index in [9.17, 15) is 9.59 Å². The van der Waals surface area contributed by atoms with Crippen LogP contribution in [0.4, 0.5) is 0 Å². The molecule has 2 aliphatic heterocycles. The number of nitrogens with zero attached hydrogens (tertiary/aromatic N) is 3. The minimum absolute atomic E-state index is 0.0127. The standard InChI is InChI=1S/C41H55N3O4Si/c1-7-47-39(46)25-27-43-30-29-42(32-38(43)45)26-23-33-31-44(28-24-37(33)48-49(5,6)40(2,3)4)41(34-17-11-8-12-18-34,35-19-13-9-14-20-35)36-21-15-10-16-22-36/h8-23,37H,7,24-32H2,1-6H3/b33-23-. The summed E-state index contributed by atoms with van der Waals surface area (Å²) in [5, 5.41) is 0.0867. The normalized spacial score (nSPS) is 19.3. The minimum atomic E-state index is -2.08. The maximum atomic E-state index is 13.1. The first kappa shape index (κ1) is 36.7. The summed E-state index contributed by atoms with van der Waals surface area (Å²) in [4.78, 5) is 31.7. The number of piperidine rings is 1. The van der Waals surface area contributed by atoms with Crippen molar-refractivity contribution in [2.45, 2.75) is 70.3 Å². The van der Waals surface area contributed by atoms with E-state index in [0.717, 1.165) is 26.1 Å². The third-order valence-electron chi connectivity index (χ3n) is 10.6. The Morgan fingerprint density at radius 3 is 1.88 bits per heavy atom. The molecule has 0 aromatic heterocycles. The number of hydrogen-bond donors (Lipinski definition) is 0. The quantitative estimate of drug-likeness (QED) is 0.0880. The van der Waals surface area contributed by atoms with Gasteiger partial charge in [0, 0.05) is 39.3 Å². The van der Waals surface area contributed by atoms with E-state index in [1.807, 2.05) is 0 Å². The van der Waals surface area contributed by atoms with Gasteiger partial charge in [-0.25, -0.2) is 0 Å². The van der Waals surface area contributed by atoms with E-state index >= 15 is 0 Å². The summed E-state index contributed by atoms with van der Waals surface area (Å²) in [6, 6.07) is 32.7. The van der Waals surface area contributed by atoms with Crippen molar-refractivity contribution in [1.29, 1.82) is 0 Å². The van der Waals surface area contributed by atoms with Crippen molar-refractivity contribution in [3.63, 3.8) is 0 Å². The van der Waals surface area contributed by atoms with Gasteiger partial charge in [0.2, 0.25) is 5.91 Å². The van der Waals surface area contributed by atoms with Gasteiger partial charge in [0.1, 0.15) is 0 Å². The number of benzene rings is 3. The second-order valence-electron chi connectivity index (χ2n) is 14.8. The Kier molecular flexibility index (Phi) is 12.0. The zero-order valence-corrected chi connectivity index (χ0v) is 31.4. The average Bonchev–Trinajstić information content (AvgIpc) is 3.09. The van der Waals surface area contributed by atoms with Gasteiger partial charge in [0.25, 0.3) is 0 Å². The predicted octanol–water partition coefficient (Wildman–Crippen LogP) is 7.10. The Bertz CT molecular complexity index is 1460. The number of carbonyl (C=O) groups excluding carboxylic acids is 2. The second kappa shape index (κ2) is 16.0. The topological polar surface area (TPSA) is 62.3 Å². The van der Waals surface area contributed by atoms with Crippen molar-refractivity contribution in [1.82, 2.24) is 14.7 Å². The molecule has 8 heteroatoms. The van der Waals surface area contributed by atoms with Gasteiger partial charge >= 0.3 is 5.97 Å². The van der Waals surface area contributed by atoms with Gasteiger partial charge in [0.05, 0.1) is 31.2 Å². The van der Waals surface area contributed by atoms with Crippen LogP contribution in [0, 0.1) is 0 Å². The molecular weight excluding hydrogens is 627 g/mol. The Labute approximate surface area is 295 Å². The zero-order valence-electron chi connectivity index (χ0n) is 30.4. The van der Waals surface area contributed by atoms with Gasteiger partial charge in [-0.05, 0) is 53.7 Å². The van der Waals surface area contributed by atoms with E-state index in [1.54, 1.807) is 11.8 Å². The number of likely N-dealkylation sites (tertiary alicyclic amines) is 1. The molecule has 49 heavy (non-hydrogen) atoms. The first-order chi connectivity index (χ1) is 23.5. The van der Waals surface area contributed by atoms with Crippen LogP contribution in [-0.4, -0.2) is 93.4 Å². The molecule has 2 heterocycles. The van der Waals surface area contributed by atoms with Crippen molar-refractivity contribution >= 4 is 20.2 Å². The molecule has 5 rings (SSSR count). The summed E-state index contributed by atoms with van der Waals surface area (Å²) < 4.78 is 12.3. The van der Waals surface area contributed by atoms with Gasteiger partial charge in [-0.2, -0.15) is 0 Å². The fraction of sp³-hybridized carbons (Fsp3) is 0.463. The number of esters is 1. The molecule has 2 aliphatic rings. The van der Waals surface area contributed by atoms with Crippen LogP contribution in [0.25, 0.3) is 0 Å². The number of hydrogen-bond acceptors (Lipinski definition) is 6. The summed E-state index contributed by atoms with van der Waals surface area (Å²) in [5.41, 5.74) is 4.48. The largest absolute Gasteiger partial charge is 0.466 e. The SMILES string of the molecule is CCOC(=O)CCN1CCN(C/C=C2/CN(C(c3ccccc3)(c3ccccc3)c3ccccc3)CCC2O[Si](C)(C)C(C)(C)C)CC1=O. The first-order valence-corrected chi connectivity index (χ1v) is 20.8. The predicted molar refractivity (Wildman–Crippen MR) is 200 cm³/mol. The maximum Gasteiger partial charge on any atom is 0.307 e. The number of piperazine rings is 1. The van der Waals surface area contributed by atoms with Crippen molar-refractivity contribution in [3.05, 3.63) is 119 Å². The van der Waals surface area contributed by atoms with E-state index in [2.05, 4.69) is 141 Å². The van der Waals surface area contributed by atoms with E-state index < -0.39 is 13.9 Å². The average molecular weight is 682 g/mol. The third kappa shape index (κ3) is 8.43. The molecule has 0 radical (unpaired) electrons. The second-order valence-corrected chi connectivity index (χ2v) is 19.6. The molecule has 0 N–H and O–H groups in total. The molecule has 0 bridgehead atoms. The Balaban J connectivity index is 1.48. The Hall–Kier alpha value is -3.56. The number of ether oxygens (including phenoxy) is 1. The highest BCUT2D eigenvalue weighted by molar-refractivity contribution is 6.74.